The molecule has 2 aromatic heterocycles. The Morgan fingerprint density at radius 1 is 1.00 bits per heavy atom. The minimum absolute atomic E-state index is 0.0781. The second-order valence-corrected chi connectivity index (χ2v) is 9.91. The second-order valence-electron chi connectivity index (χ2n) is 9.91. The summed E-state index contributed by atoms with van der Waals surface area (Å²) in [5.74, 6) is 1.75. The maximum absolute atomic E-state index is 12.7. The third-order valence-corrected chi connectivity index (χ3v) is 7.32. The number of anilines is 1. The van der Waals surface area contributed by atoms with E-state index in [9.17, 15) is 4.79 Å². The van der Waals surface area contributed by atoms with Gasteiger partial charge in [0.05, 0.1) is 0 Å². The van der Waals surface area contributed by atoms with Crippen molar-refractivity contribution in [3.8, 4) is 0 Å². The van der Waals surface area contributed by atoms with E-state index in [2.05, 4.69) is 68.5 Å². The molecule has 1 aromatic carbocycles. The van der Waals surface area contributed by atoms with Crippen molar-refractivity contribution >= 4 is 17.4 Å². The van der Waals surface area contributed by atoms with Crippen LogP contribution in [0.5, 0.6) is 0 Å². The van der Waals surface area contributed by atoms with Crippen LogP contribution in [0.15, 0.2) is 36.4 Å². The molecule has 3 aromatic rings. The Labute approximate surface area is 207 Å². The molecule has 9 heteroatoms. The molecule has 186 valence electrons. The van der Waals surface area contributed by atoms with Crippen LogP contribution in [0.3, 0.4) is 0 Å². The van der Waals surface area contributed by atoms with Gasteiger partial charge in [-0.05, 0) is 50.1 Å². The highest BCUT2D eigenvalue weighted by Crippen LogP contribution is 2.17. The molecule has 0 aliphatic carbocycles. The summed E-state index contributed by atoms with van der Waals surface area (Å²) in [6.07, 6.45) is 2.89. The summed E-state index contributed by atoms with van der Waals surface area (Å²) in [7, 11) is 2.14. The number of hydrogen-bond donors (Lipinski definition) is 1. The molecule has 0 unspecified atom stereocenters. The SMILES string of the molecule is Cc1ccccc1CN1CCC(NC(=O)CCc2nnc3ccc(N4CCN(C)CC4)nn23)CC1. The molecular formula is C26H36N8O. The summed E-state index contributed by atoms with van der Waals surface area (Å²) < 4.78 is 1.80. The lowest BCUT2D eigenvalue weighted by molar-refractivity contribution is -0.122. The van der Waals surface area contributed by atoms with Gasteiger partial charge in [-0.1, -0.05) is 24.3 Å². The van der Waals surface area contributed by atoms with Gasteiger partial charge in [0.15, 0.2) is 11.5 Å². The number of aromatic nitrogens is 4. The van der Waals surface area contributed by atoms with Gasteiger partial charge in [-0.2, -0.15) is 4.52 Å². The number of aryl methyl sites for hydroxylation is 2. The number of fused-ring (bicyclic) bond motifs is 1. The third-order valence-electron chi connectivity index (χ3n) is 7.32. The number of amides is 1. The molecule has 2 aliphatic heterocycles. The van der Waals surface area contributed by atoms with Crippen molar-refractivity contribution in [2.75, 3.05) is 51.2 Å². The van der Waals surface area contributed by atoms with Gasteiger partial charge in [0.25, 0.3) is 0 Å². The smallest absolute Gasteiger partial charge is 0.220 e. The number of rotatable bonds is 7. The fraction of sp³-hybridized carbons (Fsp3) is 0.538. The number of piperazine rings is 1. The number of benzene rings is 1. The van der Waals surface area contributed by atoms with E-state index in [1.807, 2.05) is 12.1 Å². The van der Waals surface area contributed by atoms with Crippen molar-refractivity contribution in [1.29, 1.82) is 0 Å². The molecule has 9 nitrogen and oxygen atoms in total. The van der Waals surface area contributed by atoms with Crippen LogP contribution in [-0.2, 0) is 17.8 Å². The molecule has 2 saturated heterocycles. The highest BCUT2D eigenvalue weighted by atomic mass is 16.1. The van der Waals surface area contributed by atoms with E-state index < -0.39 is 0 Å². The first kappa shape index (κ1) is 23.7. The van der Waals surface area contributed by atoms with E-state index in [-0.39, 0.29) is 11.9 Å². The first-order valence-corrected chi connectivity index (χ1v) is 12.8. The molecule has 2 aliphatic rings. The van der Waals surface area contributed by atoms with Crippen LogP contribution in [0.1, 0.15) is 36.2 Å². The number of likely N-dealkylation sites (tertiary alicyclic amines) is 1. The van der Waals surface area contributed by atoms with Crippen LogP contribution in [0.2, 0.25) is 0 Å². The van der Waals surface area contributed by atoms with Crippen molar-refractivity contribution in [3.63, 3.8) is 0 Å². The third kappa shape index (κ3) is 5.79. The lowest BCUT2D eigenvalue weighted by Crippen LogP contribution is -2.45. The molecule has 0 radical (unpaired) electrons. The fourth-order valence-corrected chi connectivity index (χ4v) is 4.97. The van der Waals surface area contributed by atoms with Crippen molar-refractivity contribution in [2.24, 2.45) is 0 Å². The van der Waals surface area contributed by atoms with Gasteiger partial charge in [0.1, 0.15) is 5.82 Å². The summed E-state index contributed by atoms with van der Waals surface area (Å²) in [5.41, 5.74) is 3.45. The van der Waals surface area contributed by atoms with Gasteiger partial charge < -0.3 is 15.1 Å². The normalized spacial score (nSPS) is 18.3. The molecule has 0 bridgehead atoms. The standard InChI is InChI=1S/C26H36N8O/c1-20-5-3-4-6-21(20)19-32-13-11-22(12-14-32)27-26(35)10-9-24-29-28-23-7-8-25(30-34(23)24)33-17-15-31(2)16-18-33/h3-8,22H,9-19H2,1-2H3,(H,27,35). The van der Waals surface area contributed by atoms with Crippen LogP contribution in [0, 0.1) is 6.92 Å². The number of carbonyl (C=O) groups is 1. The number of carbonyl (C=O) groups excluding carboxylic acids is 1. The van der Waals surface area contributed by atoms with Crippen LogP contribution in [-0.4, -0.2) is 87.9 Å². The zero-order valence-corrected chi connectivity index (χ0v) is 20.9. The van der Waals surface area contributed by atoms with Crippen LogP contribution >= 0.6 is 0 Å². The maximum Gasteiger partial charge on any atom is 0.220 e. The second kappa shape index (κ2) is 10.7. The predicted octanol–water partition coefficient (Wildman–Crippen LogP) is 1.90. The topological polar surface area (TPSA) is 81.9 Å². The predicted molar refractivity (Wildman–Crippen MR) is 136 cm³/mol. The molecule has 0 saturated carbocycles. The van der Waals surface area contributed by atoms with Gasteiger partial charge in [0, 0.05) is 64.7 Å². The van der Waals surface area contributed by atoms with Crippen molar-refractivity contribution in [2.45, 2.75) is 45.2 Å². The minimum atomic E-state index is 0.0781. The monoisotopic (exact) mass is 476 g/mol. The van der Waals surface area contributed by atoms with E-state index in [0.717, 1.165) is 75.9 Å². The number of nitrogens with zero attached hydrogens (tertiary/aromatic N) is 7. The van der Waals surface area contributed by atoms with E-state index in [4.69, 9.17) is 5.10 Å². The quantitative estimate of drug-likeness (QED) is 0.558. The summed E-state index contributed by atoms with van der Waals surface area (Å²) in [5, 5.41) is 16.6. The minimum Gasteiger partial charge on any atom is -0.353 e. The molecule has 5 rings (SSSR count). The Balaban J connectivity index is 1.11. The summed E-state index contributed by atoms with van der Waals surface area (Å²) >= 11 is 0. The molecule has 1 N–H and O–H groups in total. The molecule has 4 heterocycles. The van der Waals surface area contributed by atoms with Crippen LogP contribution in [0.4, 0.5) is 5.82 Å². The first-order valence-electron chi connectivity index (χ1n) is 12.8. The van der Waals surface area contributed by atoms with E-state index in [1.54, 1.807) is 4.52 Å². The van der Waals surface area contributed by atoms with Gasteiger partial charge in [0.2, 0.25) is 5.91 Å². The number of likely N-dealkylation sites (N-methyl/N-ethyl adjacent to an activating group) is 1. The highest BCUT2D eigenvalue weighted by Gasteiger charge is 2.22. The van der Waals surface area contributed by atoms with Crippen molar-refractivity contribution in [3.05, 3.63) is 53.3 Å². The largest absolute Gasteiger partial charge is 0.353 e. The van der Waals surface area contributed by atoms with Crippen molar-refractivity contribution in [1.82, 2.24) is 34.9 Å². The summed E-state index contributed by atoms with van der Waals surface area (Å²) in [4.78, 5) is 19.8. The Kier molecular flexibility index (Phi) is 7.24. The van der Waals surface area contributed by atoms with E-state index in [1.165, 1.54) is 11.1 Å². The molecule has 2 fully saturated rings. The molecular weight excluding hydrogens is 440 g/mol. The lowest BCUT2D eigenvalue weighted by atomic mass is 10.0. The summed E-state index contributed by atoms with van der Waals surface area (Å²) in [6, 6.07) is 12.8. The van der Waals surface area contributed by atoms with Crippen molar-refractivity contribution < 1.29 is 4.79 Å². The number of hydrogen-bond acceptors (Lipinski definition) is 7. The van der Waals surface area contributed by atoms with E-state index >= 15 is 0 Å². The number of piperidine rings is 1. The Morgan fingerprint density at radius 2 is 1.77 bits per heavy atom. The number of nitrogens with one attached hydrogen (secondary N) is 1. The first-order chi connectivity index (χ1) is 17.0. The average molecular weight is 477 g/mol. The molecule has 0 atom stereocenters. The van der Waals surface area contributed by atoms with Crippen LogP contribution in [0.25, 0.3) is 5.65 Å². The molecule has 35 heavy (non-hydrogen) atoms. The fourth-order valence-electron chi connectivity index (χ4n) is 4.97. The lowest BCUT2D eigenvalue weighted by Gasteiger charge is -2.33. The zero-order valence-electron chi connectivity index (χ0n) is 20.9. The Bertz CT molecular complexity index is 1150. The van der Waals surface area contributed by atoms with E-state index in [0.29, 0.717) is 12.8 Å². The highest BCUT2D eigenvalue weighted by molar-refractivity contribution is 5.76. The maximum atomic E-state index is 12.7. The van der Waals surface area contributed by atoms with Gasteiger partial charge in [-0.15, -0.1) is 15.3 Å². The zero-order chi connectivity index (χ0) is 24.2. The van der Waals surface area contributed by atoms with Gasteiger partial charge >= 0.3 is 0 Å². The van der Waals surface area contributed by atoms with Gasteiger partial charge in [-0.25, -0.2) is 0 Å². The average Bonchev–Trinajstić information content (AvgIpc) is 3.28. The van der Waals surface area contributed by atoms with Crippen LogP contribution < -0.4 is 10.2 Å². The molecule has 1 amide bonds. The summed E-state index contributed by atoms with van der Waals surface area (Å²) in [6.45, 7) is 9.14. The Hall–Kier alpha value is -3.04. The Morgan fingerprint density at radius 3 is 2.54 bits per heavy atom. The molecule has 0 spiro atoms. The van der Waals surface area contributed by atoms with Gasteiger partial charge in [-0.3, -0.25) is 9.69 Å².